The molecule has 0 aliphatic carbocycles. The maximum Gasteiger partial charge on any atom is 0.240 e. The Morgan fingerprint density at radius 3 is 2.42 bits per heavy atom. The van der Waals surface area contributed by atoms with Crippen molar-refractivity contribution in [3.05, 3.63) is 83.6 Å². The normalized spacial score (nSPS) is 11.4. The molecule has 24 heavy (non-hydrogen) atoms. The van der Waals surface area contributed by atoms with Gasteiger partial charge in [-0.2, -0.15) is 0 Å². The summed E-state index contributed by atoms with van der Waals surface area (Å²) in [5.74, 6) is 0. The molecular weight excluding hydrogens is 344 g/mol. The van der Waals surface area contributed by atoms with Gasteiger partial charge >= 0.3 is 0 Å². The van der Waals surface area contributed by atoms with Crippen LogP contribution >= 0.6 is 11.6 Å². The first-order valence-corrected chi connectivity index (χ1v) is 9.15. The molecule has 0 radical (unpaired) electrons. The molecule has 0 unspecified atom stereocenters. The first-order chi connectivity index (χ1) is 11.5. The summed E-state index contributed by atoms with van der Waals surface area (Å²) in [6.45, 7) is 0.202. The van der Waals surface area contributed by atoms with E-state index in [1.54, 1.807) is 24.5 Å². The molecule has 3 rings (SSSR count). The predicted octanol–water partition coefficient (Wildman–Crippen LogP) is 3.88. The van der Waals surface area contributed by atoms with E-state index in [2.05, 4.69) is 9.71 Å². The number of benzene rings is 2. The quantitative estimate of drug-likeness (QED) is 0.753. The lowest BCUT2D eigenvalue weighted by molar-refractivity contribution is 0.581. The van der Waals surface area contributed by atoms with Crippen molar-refractivity contribution in [3.63, 3.8) is 0 Å². The smallest absolute Gasteiger partial charge is 0.240 e. The van der Waals surface area contributed by atoms with E-state index < -0.39 is 10.0 Å². The highest BCUT2D eigenvalue weighted by Gasteiger charge is 2.14. The van der Waals surface area contributed by atoms with Gasteiger partial charge in [0.25, 0.3) is 0 Å². The Kier molecular flexibility index (Phi) is 4.94. The second-order valence-electron chi connectivity index (χ2n) is 5.22. The molecule has 0 aliphatic rings. The third-order valence-corrected chi connectivity index (χ3v) is 5.15. The van der Waals surface area contributed by atoms with Gasteiger partial charge in [-0.1, -0.05) is 35.9 Å². The fourth-order valence-electron chi connectivity index (χ4n) is 2.30. The monoisotopic (exact) mass is 358 g/mol. The molecule has 6 heteroatoms. The number of halogens is 1. The molecule has 4 nitrogen and oxygen atoms in total. The molecule has 0 atom stereocenters. The number of hydrogen-bond donors (Lipinski definition) is 1. The van der Waals surface area contributed by atoms with E-state index in [0.717, 1.165) is 16.7 Å². The van der Waals surface area contributed by atoms with Crippen LogP contribution in [-0.4, -0.2) is 13.4 Å². The van der Waals surface area contributed by atoms with Gasteiger partial charge in [-0.3, -0.25) is 4.98 Å². The van der Waals surface area contributed by atoms with Gasteiger partial charge < -0.3 is 0 Å². The molecular formula is C18H15ClN2O2S. The molecule has 122 valence electrons. The summed E-state index contributed by atoms with van der Waals surface area (Å²) in [4.78, 5) is 4.15. The molecule has 0 saturated carbocycles. The van der Waals surface area contributed by atoms with E-state index in [-0.39, 0.29) is 11.4 Å². The van der Waals surface area contributed by atoms with Crippen LogP contribution < -0.4 is 4.72 Å². The van der Waals surface area contributed by atoms with Crippen LogP contribution in [0.1, 0.15) is 5.56 Å². The van der Waals surface area contributed by atoms with Crippen molar-refractivity contribution in [1.82, 2.24) is 9.71 Å². The van der Waals surface area contributed by atoms with Crippen LogP contribution in [0.25, 0.3) is 11.1 Å². The highest BCUT2D eigenvalue weighted by Crippen LogP contribution is 2.20. The maximum atomic E-state index is 12.3. The lowest BCUT2D eigenvalue weighted by Gasteiger charge is -2.09. The summed E-state index contributed by atoms with van der Waals surface area (Å²) >= 11 is 5.86. The minimum atomic E-state index is -3.60. The molecule has 0 fully saturated rings. The summed E-state index contributed by atoms with van der Waals surface area (Å²) in [6, 6.07) is 17.7. The average Bonchev–Trinajstić information content (AvgIpc) is 2.61. The fourth-order valence-corrected chi connectivity index (χ4v) is 3.62. The highest BCUT2D eigenvalue weighted by molar-refractivity contribution is 7.89. The van der Waals surface area contributed by atoms with Crippen LogP contribution in [0.15, 0.2) is 78.0 Å². The number of sulfonamides is 1. The van der Waals surface area contributed by atoms with Gasteiger partial charge in [0.15, 0.2) is 0 Å². The van der Waals surface area contributed by atoms with E-state index in [1.165, 1.54) is 12.1 Å². The van der Waals surface area contributed by atoms with E-state index in [0.29, 0.717) is 5.02 Å². The Balaban J connectivity index is 1.78. The van der Waals surface area contributed by atoms with Crippen LogP contribution in [-0.2, 0) is 16.6 Å². The van der Waals surface area contributed by atoms with Gasteiger partial charge in [0.05, 0.1) is 4.90 Å². The third kappa shape index (κ3) is 4.00. The second kappa shape index (κ2) is 7.13. The minimum Gasteiger partial charge on any atom is -0.265 e. The van der Waals surface area contributed by atoms with Crippen molar-refractivity contribution in [2.75, 3.05) is 0 Å². The zero-order valence-corrected chi connectivity index (χ0v) is 14.3. The van der Waals surface area contributed by atoms with Crippen molar-refractivity contribution in [2.24, 2.45) is 0 Å². The first kappa shape index (κ1) is 16.6. The molecule has 3 aromatic rings. The zero-order valence-electron chi connectivity index (χ0n) is 12.7. The van der Waals surface area contributed by atoms with Crippen LogP contribution in [0.5, 0.6) is 0 Å². The molecule has 1 aromatic heterocycles. The van der Waals surface area contributed by atoms with Crippen LogP contribution in [0.2, 0.25) is 5.02 Å². The van der Waals surface area contributed by atoms with Gasteiger partial charge in [0.1, 0.15) is 0 Å². The predicted molar refractivity (Wildman–Crippen MR) is 95.2 cm³/mol. The Labute approximate surface area is 146 Å². The summed E-state index contributed by atoms with van der Waals surface area (Å²) in [6.07, 6.45) is 3.45. The van der Waals surface area contributed by atoms with Crippen molar-refractivity contribution >= 4 is 21.6 Å². The molecule has 0 aliphatic heterocycles. The Morgan fingerprint density at radius 2 is 1.67 bits per heavy atom. The van der Waals surface area contributed by atoms with E-state index >= 15 is 0 Å². The standard InChI is InChI=1S/C18H15ClN2O2S/c19-17-5-2-6-18(12-17)24(22,23)21-13-14-3-1-4-16(11-14)15-7-9-20-10-8-15/h1-12,21H,13H2. The molecule has 1 N–H and O–H groups in total. The maximum absolute atomic E-state index is 12.3. The highest BCUT2D eigenvalue weighted by atomic mass is 35.5. The molecule has 0 bridgehead atoms. The number of aromatic nitrogens is 1. The first-order valence-electron chi connectivity index (χ1n) is 7.29. The summed E-state index contributed by atoms with van der Waals surface area (Å²) in [7, 11) is -3.60. The number of nitrogens with one attached hydrogen (secondary N) is 1. The van der Waals surface area contributed by atoms with Gasteiger partial charge in [-0.05, 0) is 53.1 Å². The summed E-state index contributed by atoms with van der Waals surface area (Å²) < 4.78 is 27.3. The SMILES string of the molecule is O=S(=O)(NCc1cccc(-c2ccncc2)c1)c1cccc(Cl)c1. The van der Waals surface area contributed by atoms with Crippen LogP contribution in [0.4, 0.5) is 0 Å². The number of nitrogens with zero attached hydrogens (tertiary/aromatic N) is 1. The van der Waals surface area contributed by atoms with Crippen molar-refractivity contribution < 1.29 is 8.42 Å². The minimum absolute atomic E-state index is 0.153. The van der Waals surface area contributed by atoms with E-state index in [4.69, 9.17) is 11.6 Å². The lowest BCUT2D eigenvalue weighted by atomic mass is 10.0. The van der Waals surface area contributed by atoms with Crippen LogP contribution in [0, 0.1) is 0 Å². The van der Waals surface area contributed by atoms with Gasteiger partial charge in [-0.15, -0.1) is 0 Å². The second-order valence-corrected chi connectivity index (χ2v) is 7.42. The molecule has 0 amide bonds. The van der Waals surface area contributed by atoms with Crippen molar-refractivity contribution in [1.29, 1.82) is 0 Å². The van der Waals surface area contributed by atoms with E-state index in [9.17, 15) is 8.42 Å². The van der Waals surface area contributed by atoms with Gasteiger partial charge in [0, 0.05) is 24.0 Å². The average molecular weight is 359 g/mol. The number of pyridine rings is 1. The summed E-state index contributed by atoms with van der Waals surface area (Å²) in [5.41, 5.74) is 2.91. The van der Waals surface area contributed by atoms with Crippen molar-refractivity contribution in [3.8, 4) is 11.1 Å². The van der Waals surface area contributed by atoms with Gasteiger partial charge in [-0.25, -0.2) is 13.1 Å². The van der Waals surface area contributed by atoms with Crippen LogP contribution in [0.3, 0.4) is 0 Å². The Morgan fingerprint density at radius 1 is 0.917 bits per heavy atom. The molecule has 2 aromatic carbocycles. The topological polar surface area (TPSA) is 59.1 Å². The Hall–Kier alpha value is -2.21. The van der Waals surface area contributed by atoms with E-state index in [1.807, 2.05) is 36.4 Å². The largest absolute Gasteiger partial charge is 0.265 e. The molecule has 0 saturated heterocycles. The number of rotatable bonds is 5. The number of hydrogen-bond acceptors (Lipinski definition) is 3. The Bertz CT molecular complexity index is 944. The zero-order chi connectivity index (χ0) is 17.0. The fraction of sp³-hybridized carbons (Fsp3) is 0.0556. The molecule has 1 heterocycles. The van der Waals surface area contributed by atoms with Crippen molar-refractivity contribution in [2.45, 2.75) is 11.4 Å². The molecule has 0 spiro atoms. The third-order valence-electron chi connectivity index (χ3n) is 3.51. The lowest BCUT2D eigenvalue weighted by Crippen LogP contribution is -2.23. The summed E-state index contributed by atoms with van der Waals surface area (Å²) in [5, 5.41) is 0.387. The van der Waals surface area contributed by atoms with Gasteiger partial charge in [0.2, 0.25) is 10.0 Å².